The third kappa shape index (κ3) is 5.00. The molecule has 0 saturated heterocycles. The Bertz CT molecular complexity index is 1010. The molecule has 0 spiro atoms. The first-order valence-electron chi connectivity index (χ1n) is 9.02. The minimum Gasteiger partial charge on any atom is -0.325 e. The maximum atomic E-state index is 12.2. The second-order valence-electron chi connectivity index (χ2n) is 6.78. The molecule has 0 saturated carbocycles. The van der Waals surface area contributed by atoms with Gasteiger partial charge in [-0.25, -0.2) is 0 Å². The van der Waals surface area contributed by atoms with Gasteiger partial charge in [-0.15, -0.1) is 10.2 Å². The molecule has 2 aromatic carbocycles. The summed E-state index contributed by atoms with van der Waals surface area (Å²) < 4.78 is 1.86. The van der Waals surface area contributed by atoms with Crippen LogP contribution in [-0.4, -0.2) is 31.3 Å². The van der Waals surface area contributed by atoms with Crippen molar-refractivity contribution in [1.82, 2.24) is 14.8 Å². The third-order valence-corrected chi connectivity index (χ3v) is 5.38. The van der Waals surface area contributed by atoms with Crippen molar-refractivity contribution in [2.45, 2.75) is 24.9 Å². The number of nitro groups is 1. The Morgan fingerprint density at radius 2 is 1.79 bits per heavy atom. The summed E-state index contributed by atoms with van der Waals surface area (Å²) in [6.07, 6.45) is 0. The van der Waals surface area contributed by atoms with E-state index in [9.17, 15) is 14.9 Å². The molecule has 1 amide bonds. The number of nitro benzene ring substituents is 1. The van der Waals surface area contributed by atoms with Gasteiger partial charge in [-0.1, -0.05) is 49.9 Å². The van der Waals surface area contributed by atoms with Gasteiger partial charge in [-0.3, -0.25) is 14.9 Å². The van der Waals surface area contributed by atoms with E-state index >= 15 is 0 Å². The van der Waals surface area contributed by atoms with Gasteiger partial charge in [-0.2, -0.15) is 0 Å². The number of carbonyl (C=O) groups excluding carboxylic acids is 1. The molecule has 0 atom stereocenters. The number of rotatable bonds is 7. The zero-order chi connectivity index (χ0) is 21.0. The van der Waals surface area contributed by atoms with Crippen LogP contribution in [-0.2, 0) is 11.8 Å². The van der Waals surface area contributed by atoms with E-state index in [-0.39, 0.29) is 17.3 Å². The van der Waals surface area contributed by atoms with E-state index in [0.29, 0.717) is 16.8 Å². The highest BCUT2D eigenvalue weighted by molar-refractivity contribution is 7.99. The number of carbonyl (C=O) groups is 1. The summed E-state index contributed by atoms with van der Waals surface area (Å²) in [5.74, 6) is 1.12. The lowest BCUT2D eigenvalue weighted by atomic mass is 10.0. The summed E-state index contributed by atoms with van der Waals surface area (Å²) in [6, 6.07) is 13.9. The summed E-state index contributed by atoms with van der Waals surface area (Å²) in [7, 11) is 1.86. The molecule has 0 fully saturated rings. The number of aromatic nitrogens is 3. The molecule has 0 unspecified atom stereocenters. The van der Waals surface area contributed by atoms with Crippen LogP contribution in [0.25, 0.3) is 11.4 Å². The van der Waals surface area contributed by atoms with Crippen LogP contribution < -0.4 is 5.32 Å². The normalized spacial score (nSPS) is 10.9. The Balaban J connectivity index is 1.61. The number of amides is 1. The summed E-state index contributed by atoms with van der Waals surface area (Å²) >= 11 is 1.28. The average Bonchev–Trinajstić information content (AvgIpc) is 3.07. The third-order valence-electron chi connectivity index (χ3n) is 4.36. The zero-order valence-electron chi connectivity index (χ0n) is 16.3. The van der Waals surface area contributed by atoms with E-state index in [0.717, 1.165) is 11.4 Å². The van der Waals surface area contributed by atoms with Gasteiger partial charge in [0.2, 0.25) is 5.91 Å². The molecular formula is C20H21N5O3S. The van der Waals surface area contributed by atoms with Gasteiger partial charge < -0.3 is 9.88 Å². The fourth-order valence-corrected chi connectivity index (χ4v) is 3.41. The highest BCUT2D eigenvalue weighted by Crippen LogP contribution is 2.25. The predicted molar refractivity (Wildman–Crippen MR) is 113 cm³/mol. The van der Waals surface area contributed by atoms with Crippen LogP contribution in [0, 0.1) is 10.1 Å². The van der Waals surface area contributed by atoms with Crippen LogP contribution in [0.15, 0.2) is 53.7 Å². The quantitative estimate of drug-likeness (QED) is 0.354. The number of anilines is 1. The van der Waals surface area contributed by atoms with Crippen LogP contribution in [0.5, 0.6) is 0 Å². The van der Waals surface area contributed by atoms with Gasteiger partial charge in [0.25, 0.3) is 5.69 Å². The Morgan fingerprint density at radius 3 is 2.38 bits per heavy atom. The van der Waals surface area contributed by atoms with E-state index in [4.69, 9.17) is 0 Å². The number of benzene rings is 2. The number of non-ortho nitro benzene ring substituents is 1. The van der Waals surface area contributed by atoms with Gasteiger partial charge >= 0.3 is 0 Å². The summed E-state index contributed by atoms with van der Waals surface area (Å²) in [6.45, 7) is 4.29. The second kappa shape index (κ2) is 8.87. The molecule has 3 rings (SSSR count). The Hall–Kier alpha value is -3.20. The van der Waals surface area contributed by atoms with Gasteiger partial charge in [0.05, 0.1) is 10.7 Å². The molecule has 0 bridgehead atoms. The van der Waals surface area contributed by atoms with Gasteiger partial charge in [0.15, 0.2) is 11.0 Å². The number of nitrogens with zero attached hydrogens (tertiary/aromatic N) is 4. The Morgan fingerprint density at radius 1 is 1.14 bits per heavy atom. The maximum Gasteiger partial charge on any atom is 0.269 e. The lowest BCUT2D eigenvalue weighted by molar-refractivity contribution is -0.384. The van der Waals surface area contributed by atoms with E-state index < -0.39 is 4.92 Å². The predicted octanol–water partition coefficient (Wildman–Crippen LogP) is 4.24. The number of nitrogens with one attached hydrogen (secondary N) is 1. The minimum absolute atomic E-state index is 0.0228. The molecule has 8 nitrogen and oxygen atoms in total. The summed E-state index contributed by atoms with van der Waals surface area (Å²) in [4.78, 5) is 22.4. The molecule has 3 aromatic rings. The fourth-order valence-electron chi connectivity index (χ4n) is 2.70. The molecule has 29 heavy (non-hydrogen) atoms. The molecular weight excluding hydrogens is 390 g/mol. The second-order valence-corrected chi connectivity index (χ2v) is 7.73. The number of thioether (sulfide) groups is 1. The van der Waals surface area contributed by atoms with Crippen molar-refractivity contribution in [2.24, 2.45) is 7.05 Å². The molecule has 0 aliphatic heterocycles. The lowest BCUT2D eigenvalue weighted by Gasteiger charge is -2.07. The highest BCUT2D eigenvalue weighted by Gasteiger charge is 2.14. The zero-order valence-corrected chi connectivity index (χ0v) is 17.1. The van der Waals surface area contributed by atoms with Gasteiger partial charge in [0.1, 0.15) is 0 Å². The highest BCUT2D eigenvalue weighted by atomic mass is 32.2. The van der Waals surface area contributed by atoms with E-state index in [1.807, 2.05) is 23.7 Å². The molecule has 0 radical (unpaired) electrons. The van der Waals surface area contributed by atoms with Crippen molar-refractivity contribution in [3.8, 4) is 11.4 Å². The van der Waals surface area contributed by atoms with Crippen molar-refractivity contribution in [3.05, 3.63) is 64.2 Å². The van der Waals surface area contributed by atoms with E-state index in [2.05, 4.69) is 41.5 Å². The number of hydrogen-bond acceptors (Lipinski definition) is 6. The molecule has 1 N–H and O–H groups in total. The number of hydrogen-bond donors (Lipinski definition) is 1. The SMILES string of the molecule is CC(C)c1ccc(-c2nnc(SCC(=O)Nc3ccc([N+](=O)[O-])cc3)n2C)cc1. The molecule has 0 aliphatic rings. The van der Waals surface area contributed by atoms with Crippen LogP contribution in [0.1, 0.15) is 25.3 Å². The van der Waals surface area contributed by atoms with Crippen molar-refractivity contribution in [3.63, 3.8) is 0 Å². The first kappa shape index (κ1) is 20.5. The maximum absolute atomic E-state index is 12.2. The molecule has 1 aromatic heterocycles. The van der Waals surface area contributed by atoms with Crippen molar-refractivity contribution >= 4 is 29.0 Å². The van der Waals surface area contributed by atoms with Gasteiger partial charge in [0, 0.05) is 30.4 Å². The Kier molecular flexibility index (Phi) is 6.28. The first-order valence-corrected chi connectivity index (χ1v) is 10.0. The van der Waals surface area contributed by atoms with E-state index in [1.54, 1.807) is 0 Å². The summed E-state index contributed by atoms with van der Waals surface area (Å²) in [5, 5.41) is 22.4. The topological polar surface area (TPSA) is 103 Å². The van der Waals surface area contributed by atoms with Crippen LogP contribution >= 0.6 is 11.8 Å². The largest absolute Gasteiger partial charge is 0.325 e. The molecule has 9 heteroatoms. The monoisotopic (exact) mass is 411 g/mol. The van der Waals surface area contributed by atoms with Crippen LogP contribution in [0.2, 0.25) is 0 Å². The van der Waals surface area contributed by atoms with Crippen molar-refractivity contribution < 1.29 is 9.72 Å². The van der Waals surface area contributed by atoms with Gasteiger partial charge in [-0.05, 0) is 23.6 Å². The van der Waals surface area contributed by atoms with Crippen LogP contribution in [0.3, 0.4) is 0 Å². The lowest BCUT2D eigenvalue weighted by Crippen LogP contribution is -2.14. The minimum atomic E-state index is -0.483. The fraction of sp³-hybridized carbons (Fsp3) is 0.250. The summed E-state index contributed by atoms with van der Waals surface area (Å²) in [5.41, 5.74) is 2.70. The van der Waals surface area contributed by atoms with Crippen molar-refractivity contribution in [2.75, 3.05) is 11.1 Å². The first-order chi connectivity index (χ1) is 13.8. The smallest absolute Gasteiger partial charge is 0.269 e. The van der Waals surface area contributed by atoms with Crippen molar-refractivity contribution in [1.29, 1.82) is 0 Å². The molecule has 0 aliphatic carbocycles. The molecule has 1 heterocycles. The molecule has 150 valence electrons. The average molecular weight is 411 g/mol. The Labute approximate surface area is 172 Å². The standard InChI is InChI=1S/C20H21N5O3S/c1-13(2)14-4-6-15(7-5-14)19-22-23-20(24(19)3)29-12-18(26)21-16-8-10-17(11-9-16)25(27)28/h4-11,13H,12H2,1-3H3,(H,21,26). The van der Waals surface area contributed by atoms with Crippen LogP contribution in [0.4, 0.5) is 11.4 Å². The van der Waals surface area contributed by atoms with E-state index in [1.165, 1.54) is 41.6 Å².